The summed E-state index contributed by atoms with van der Waals surface area (Å²) >= 11 is 1.51. The Morgan fingerprint density at radius 1 is 1.00 bits per heavy atom. The normalized spacial score (nSPS) is 11.8. The summed E-state index contributed by atoms with van der Waals surface area (Å²) in [6, 6.07) is 18.0. The van der Waals surface area contributed by atoms with Crippen LogP contribution in [0.3, 0.4) is 0 Å². The van der Waals surface area contributed by atoms with E-state index in [1.54, 1.807) is 18.5 Å². The molecule has 4 rings (SSSR count). The van der Waals surface area contributed by atoms with Crippen LogP contribution in [-0.4, -0.2) is 26.5 Å². The summed E-state index contributed by atoms with van der Waals surface area (Å²) in [4.78, 5) is 17.5. The number of nitriles is 1. The lowest BCUT2D eigenvalue weighted by Crippen LogP contribution is -2.06. The Hall–Kier alpha value is -3.37. The van der Waals surface area contributed by atoms with Crippen LogP contribution < -0.4 is 4.74 Å². The van der Waals surface area contributed by atoms with Gasteiger partial charge in [0.15, 0.2) is 0 Å². The second-order valence-corrected chi connectivity index (χ2v) is 7.18. The van der Waals surface area contributed by atoms with Gasteiger partial charge >= 0.3 is 6.01 Å². The molecule has 0 aliphatic rings. The fourth-order valence-corrected chi connectivity index (χ4v) is 3.83. The zero-order valence-electron chi connectivity index (χ0n) is 15.0. The minimum Gasteiger partial charge on any atom is -0.463 e. The number of fused-ring (bicyclic) bond motifs is 1. The first kappa shape index (κ1) is 18.0. The predicted molar refractivity (Wildman–Crippen MR) is 107 cm³/mol. The van der Waals surface area contributed by atoms with Gasteiger partial charge in [0.25, 0.3) is 0 Å². The number of aryl methyl sites for hydroxylation is 1. The van der Waals surface area contributed by atoms with Crippen LogP contribution in [0, 0.1) is 11.3 Å². The molecule has 0 spiro atoms. The Bertz CT molecular complexity index is 1070. The number of pyridine rings is 1. The molecule has 0 saturated heterocycles. The molecule has 1 aromatic carbocycles. The predicted octanol–water partition coefficient (Wildman–Crippen LogP) is 4.15. The van der Waals surface area contributed by atoms with E-state index in [1.165, 1.54) is 11.3 Å². The zero-order chi connectivity index (χ0) is 19.2. The molecule has 0 amide bonds. The average Bonchev–Trinajstić information content (AvgIpc) is 3.17. The molecule has 7 heteroatoms. The van der Waals surface area contributed by atoms with Crippen LogP contribution in [0.15, 0.2) is 60.9 Å². The number of ether oxygens (including phenoxy) is 1. The molecule has 3 heterocycles. The fraction of sp³-hybridized carbons (Fsp3) is 0.190. The van der Waals surface area contributed by atoms with Gasteiger partial charge in [0.2, 0.25) is 0 Å². The van der Waals surface area contributed by atoms with Crippen LogP contribution in [0.25, 0.3) is 10.2 Å². The number of para-hydroxylation sites is 1. The van der Waals surface area contributed by atoms with Gasteiger partial charge in [-0.2, -0.15) is 10.2 Å². The van der Waals surface area contributed by atoms with Gasteiger partial charge in [-0.25, -0.2) is 9.97 Å². The molecule has 6 nitrogen and oxygen atoms in total. The SMILES string of the molecule is N#CC(c1ccnc(OCCCc2ccccn2)n1)c1nc2ccccc2s1. The number of nitrogens with zero attached hydrogens (tertiary/aromatic N) is 5. The van der Waals surface area contributed by atoms with Gasteiger partial charge in [0.05, 0.1) is 28.6 Å². The van der Waals surface area contributed by atoms with Gasteiger partial charge in [-0.15, -0.1) is 11.3 Å². The van der Waals surface area contributed by atoms with E-state index in [4.69, 9.17) is 4.74 Å². The summed E-state index contributed by atoms with van der Waals surface area (Å²) < 4.78 is 6.73. The van der Waals surface area contributed by atoms with Crippen LogP contribution in [0.4, 0.5) is 0 Å². The minimum atomic E-state index is -0.545. The van der Waals surface area contributed by atoms with E-state index in [-0.39, 0.29) is 6.01 Å². The summed E-state index contributed by atoms with van der Waals surface area (Å²) in [6.07, 6.45) is 5.04. The molecule has 0 aliphatic heterocycles. The van der Waals surface area contributed by atoms with Crippen molar-refractivity contribution in [2.45, 2.75) is 18.8 Å². The molecular weight excluding hydrogens is 370 g/mol. The maximum absolute atomic E-state index is 9.70. The highest BCUT2D eigenvalue weighted by atomic mass is 32.1. The molecule has 28 heavy (non-hydrogen) atoms. The van der Waals surface area contributed by atoms with Crippen molar-refractivity contribution in [3.05, 3.63) is 77.3 Å². The van der Waals surface area contributed by atoms with E-state index in [1.807, 2.05) is 42.5 Å². The van der Waals surface area contributed by atoms with E-state index >= 15 is 0 Å². The molecule has 3 aromatic heterocycles. The smallest absolute Gasteiger partial charge is 0.316 e. The van der Waals surface area contributed by atoms with Crippen LogP contribution >= 0.6 is 11.3 Å². The van der Waals surface area contributed by atoms with Crippen molar-refractivity contribution in [2.75, 3.05) is 6.61 Å². The van der Waals surface area contributed by atoms with Crippen molar-refractivity contribution in [1.82, 2.24) is 19.9 Å². The Labute approximate surface area is 166 Å². The van der Waals surface area contributed by atoms with Crippen LogP contribution in [0.2, 0.25) is 0 Å². The topological polar surface area (TPSA) is 84.6 Å². The lowest BCUT2D eigenvalue weighted by molar-refractivity contribution is 0.285. The number of rotatable bonds is 7. The molecule has 0 radical (unpaired) electrons. The third-order valence-electron chi connectivity index (χ3n) is 4.17. The van der Waals surface area contributed by atoms with Crippen molar-refractivity contribution >= 4 is 21.6 Å². The van der Waals surface area contributed by atoms with Crippen LogP contribution in [0.1, 0.15) is 28.7 Å². The second kappa shape index (κ2) is 8.55. The second-order valence-electron chi connectivity index (χ2n) is 6.12. The van der Waals surface area contributed by atoms with Crippen LogP contribution in [0.5, 0.6) is 6.01 Å². The number of aromatic nitrogens is 4. The largest absolute Gasteiger partial charge is 0.463 e. The van der Waals surface area contributed by atoms with E-state index in [9.17, 15) is 5.26 Å². The highest BCUT2D eigenvalue weighted by Gasteiger charge is 2.20. The lowest BCUT2D eigenvalue weighted by Gasteiger charge is -2.08. The molecule has 0 aliphatic carbocycles. The average molecular weight is 387 g/mol. The lowest BCUT2D eigenvalue weighted by atomic mass is 10.1. The first-order valence-electron chi connectivity index (χ1n) is 8.94. The van der Waals surface area contributed by atoms with E-state index in [0.717, 1.165) is 33.8 Å². The highest BCUT2D eigenvalue weighted by Crippen LogP contribution is 2.30. The van der Waals surface area contributed by atoms with Gasteiger partial charge in [-0.05, 0) is 43.2 Å². The maximum atomic E-state index is 9.70. The summed E-state index contributed by atoms with van der Waals surface area (Å²) in [5.74, 6) is -0.545. The quantitative estimate of drug-likeness (QED) is 0.443. The van der Waals surface area contributed by atoms with Crippen LogP contribution in [-0.2, 0) is 6.42 Å². The molecule has 0 N–H and O–H groups in total. The number of hydrogen-bond donors (Lipinski definition) is 0. The zero-order valence-corrected chi connectivity index (χ0v) is 15.8. The van der Waals surface area contributed by atoms with Gasteiger partial charge in [0.1, 0.15) is 10.9 Å². The molecule has 1 unspecified atom stereocenters. The van der Waals surface area contributed by atoms with Crippen molar-refractivity contribution in [3.8, 4) is 12.1 Å². The minimum absolute atomic E-state index is 0.278. The first-order valence-corrected chi connectivity index (χ1v) is 9.76. The third kappa shape index (κ3) is 4.13. The van der Waals surface area contributed by atoms with E-state index in [2.05, 4.69) is 26.0 Å². The Morgan fingerprint density at radius 2 is 1.89 bits per heavy atom. The third-order valence-corrected chi connectivity index (χ3v) is 5.27. The summed E-state index contributed by atoms with van der Waals surface area (Å²) in [7, 11) is 0. The molecule has 0 saturated carbocycles. The van der Waals surface area contributed by atoms with Gasteiger partial charge in [0, 0.05) is 18.1 Å². The van der Waals surface area contributed by atoms with Crippen molar-refractivity contribution in [2.24, 2.45) is 0 Å². The maximum Gasteiger partial charge on any atom is 0.316 e. The standard InChI is InChI=1S/C21H17N5OS/c22-14-16(20-25-18-8-1-2-9-19(18)28-20)17-10-12-24-21(26-17)27-13-5-7-15-6-3-4-11-23-15/h1-4,6,8-12,16H,5,7,13H2. The van der Waals surface area contributed by atoms with Crippen molar-refractivity contribution in [1.29, 1.82) is 5.26 Å². The van der Waals surface area contributed by atoms with Gasteiger partial charge in [-0.3, -0.25) is 4.98 Å². The molecule has 0 fully saturated rings. The molecule has 1 atom stereocenters. The monoisotopic (exact) mass is 387 g/mol. The molecule has 0 bridgehead atoms. The summed E-state index contributed by atoms with van der Waals surface area (Å²) in [5.41, 5.74) is 2.51. The highest BCUT2D eigenvalue weighted by molar-refractivity contribution is 7.18. The Kier molecular flexibility index (Phi) is 5.50. The van der Waals surface area contributed by atoms with Crippen molar-refractivity contribution < 1.29 is 4.74 Å². The molecule has 4 aromatic rings. The Morgan fingerprint density at radius 3 is 2.71 bits per heavy atom. The van der Waals surface area contributed by atoms with E-state index in [0.29, 0.717) is 12.3 Å². The molecule has 138 valence electrons. The van der Waals surface area contributed by atoms with Gasteiger partial charge < -0.3 is 4.74 Å². The molecular formula is C21H17N5OS. The Balaban J connectivity index is 1.44. The summed E-state index contributed by atoms with van der Waals surface area (Å²) in [5, 5.41) is 10.4. The van der Waals surface area contributed by atoms with E-state index < -0.39 is 5.92 Å². The van der Waals surface area contributed by atoms with Gasteiger partial charge in [-0.1, -0.05) is 18.2 Å². The fourth-order valence-electron chi connectivity index (χ4n) is 2.81. The number of benzene rings is 1. The number of hydrogen-bond acceptors (Lipinski definition) is 7. The van der Waals surface area contributed by atoms with Crippen molar-refractivity contribution in [3.63, 3.8) is 0 Å². The number of thiazole rings is 1. The first-order chi connectivity index (χ1) is 13.8. The summed E-state index contributed by atoms with van der Waals surface area (Å²) in [6.45, 7) is 0.485.